The average molecular weight is 473 g/mol. The summed E-state index contributed by atoms with van der Waals surface area (Å²) in [5.41, 5.74) is 4.18. The Morgan fingerprint density at radius 3 is 2.28 bits per heavy atom. The molecule has 0 saturated heterocycles. The molecule has 32 heavy (non-hydrogen) atoms. The number of esters is 1. The van der Waals surface area contributed by atoms with Gasteiger partial charge in [-0.2, -0.15) is 0 Å². The summed E-state index contributed by atoms with van der Waals surface area (Å²) in [5.74, 6) is 1.56. The predicted molar refractivity (Wildman–Crippen MR) is 130 cm³/mol. The van der Waals surface area contributed by atoms with Gasteiger partial charge in [0.1, 0.15) is 22.5 Å². The fourth-order valence-electron chi connectivity index (χ4n) is 3.52. The Balaban J connectivity index is 0.000000312. The molecule has 3 aromatic rings. The quantitative estimate of drug-likeness (QED) is 0.397. The number of fused-ring (bicyclic) bond motifs is 3. The molecule has 1 atom stereocenters. The lowest BCUT2D eigenvalue weighted by atomic mass is 10.00. The minimum atomic E-state index is -0.328. The van der Waals surface area contributed by atoms with Crippen LogP contribution in [0.1, 0.15) is 73.9 Å². The maximum absolute atomic E-state index is 10.2. The Morgan fingerprint density at radius 2 is 1.75 bits per heavy atom. The van der Waals surface area contributed by atoms with E-state index in [2.05, 4.69) is 35.5 Å². The van der Waals surface area contributed by atoms with Crippen LogP contribution in [0.2, 0.25) is 5.02 Å². The van der Waals surface area contributed by atoms with Crippen LogP contribution in [0.25, 0.3) is 5.00 Å². The number of rotatable bonds is 1. The van der Waals surface area contributed by atoms with Gasteiger partial charge in [-0.15, -0.1) is 21.5 Å². The van der Waals surface area contributed by atoms with Crippen LogP contribution in [0.15, 0.2) is 29.3 Å². The summed E-state index contributed by atoms with van der Waals surface area (Å²) in [7, 11) is 0. The number of nitrogens with zero attached hydrogens (tertiary/aromatic N) is 4. The molecule has 0 saturated carbocycles. The molecule has 0 fully saturated rings. The average Bonchev–Trinajstić information content (AvgIpc) is 3.15. The van der Waals surface area contributed by atoms with Gasteiger partial charge in [0.15, 0.2) is 5.82 Å². The first kappa shape index (κ1) is 24.1. The van der Waals surface area contributed by atoms with E-state index >= 15 is 0 Å². The van der Waals surface area contributed by atoms with Crippen molar-refractivity contribution in [2.24, 2.45) is 4.99 Å². The fraction of sp³-hybridized carbons (Fsp3) is 0.417. The van der Waals surface area contributed by atoms with E-state index in [4.69, 9.17) is 21.3 Å². The number of benzene rings is 1. The minimum Gasteiger partial charge on any atom is -0.460 e. The highest BCUT2D eigenvalue weighted by Gasteiger charge is 2.29. The SMILES string of the molecule is CC(=O)OC(C)(C)C.Cc1sc2c(c1C)C(c1ccc(Cl)cc1)=NC(C)c1nnc(C)n1-2. The number of halogens is 1. The van der Waals surface area contributed by atoms with E-state index in [1.54, 1.807) is 11.3 Å². The lowest BCUT2D eigenvalue weighted by molar-refractivity contribution is -0.151. The zero-order valence-corrected chi connectivity index (χ0v) is 21.4. The van der Waals surface area contributed by atoms with Crippen molar-refractivity contribution >= 4 is 34.6 Å². The number of carbonyl (C=O) groups excluding carboxylic acids is 1. The van der Waals surface area contributed by atoms with Gasteiger partial charge in [-0.05, 0) is 66.2 Å². The number of carbonyl (C=O) groups is 1. The molecule has 0 radical (unpaired) electrons. The first-order valence-corrected chi connectivity index (χ1v) is 11.6. The number of ether oxygens (including phenoxy) is 1. The third-order valence-electron chi connectivity index (χ3n) is 4.92. The van der Waals surface area contributed by atoms with Crippen LogP contribution in [0.3, 0.4) is 0 Å². The van der Waals surface area contributed by atoms with Crippen molar-refractivity contribution in [1.82, 2.24) is 14.8 Å². The van der Waals surface area contributed by atoms with Crippen LogP contribution in [0.4, 0.5) is 0 Å². The third-order valence-corrected chi connectivity index (χ3v) is 6.36. The topological polar surface area (TPSA) is 69.4 Å². The van der Waals surface area contributed by atoms with Crippen LogP contribution in [-0.2, 0) is 9.53 Å². The first-order chi connectivity index (χ1) is 14.9. The standard InChI is InChI=1S/C18H17ClN4S.C6H12O2/c1-9-11(3)24-18-15(9)16(13-5-7-14(19)8-6-13)20-10(2)17-22-21-12(4)23(17)18;1-5(7)8-6(2,3)4/h5-8,10H,1-4H3;1-4H3. The van der Waals surface area contributed by atoms with E-state index < -0.39 is 0 Å². The second kappa shape index (κ2) is 9.16. The molecule has 1 unspecified atom stereocenters. The lowest BCUT2D eigenvalue weighted by Crippen LogP contribution is -2.21. The Bertz CT molecular complexity index is 1170. The maximum atomic E-state index is 10.2. The highest BCUT2D eigenvalue weighted by atomic mass is 35.5. The first-order valence-electron chi connectivity index (χ1n) is 10.4. The smallest absolute Gasteiger partial charge is 0.303 e. The molecule has 4 rings (SSSR count). The highest BCUT2D eigenvalue weighted by Crippen LogP contribution is 2.38. The second-order valence-corrected chi connectivity index (χ2v) is 10.4. The van der Waals surface area contributed by atoms with Crippen LogP contribution >= 0.6 is 22.9 Å². The van der Waals surface area contributed by atoms with Crippen LogP contribution in [-0.4, -0.2) is 32.0 Å². The largest absolute Gasteiger partial charge is 0.460 e. The van der Waals surface area contributed by atoms with Crippen molar-refractivity contribution in [2.45, 2.75) is 67.0 Å². The Hall–Kier alpha value is -2.51. The van der Waals surface area contributed by atoms with Crippen molar-refractivity contribution in [1.29, 1.82) is 0 Å². The number of hydrogen-bond acceptors (Lipinski definition) is 6. The van der Waals surface area contributed by atoms with Gasteiger partial charge >= 0.3 is 5.97 Å². The molecule has 6 nitrogen and oxygen atoms in total. The zero-order valence-electron chi connectivity index (χ0n) is 19.8. The van der Waals surface area contributed by atoms with Crippen molar-refractivity contribution in [3.05, 3.63) is 62.5 Å². The van der Waals surface area contributed by atoms with Gasteiger partial charge in [0.25, 0.3) is 0 Å². The summed E-state index contributed by atoms with van der Waals surface area (Å²) in [6.45, 7) is 15.3. The maximum Gasteiger partial charge on any atom is 0.303 e. The number of aryl methyl sites for hydroxylation is 2. The Kier molecular flexibility index (Phi) is 6.91. The number of thiophene rings is 1. The summed E-state index contributed by atoms with van der Waals surface area (Å²) < 4.78 is 6.95. The van der Waals surface area contributed by atoms with Gasteiger partial charge in [0.2, 0.25) is 0 Å². The molecule has 1 aromatic carbocycles. The van der Waals surface area contributed by atoms with E-state index in [9.17, 15) is 4.79 Å². The van der Waals surface area contributed by atoms with E-state index in [1.807, 2.05) is 52.0 Å². The van der Waals surface area contributed by atoms with Crippen molar-refractivity contribution in [3.63, 3.8) is 0 Å². The zero-order chi connectivity index (χ0) is 23.8. The van der Waals surface area contributed by atoms with Crippen molar-refractivity contribution in [2.75, 3.05) is 0 Å². The second-order valence-electron chi connectivity index (χ2n) is 8.77. The van der Waals surface area contributed by atoms with E-state index in [0.29, 0.717) is 0 Å². The lowest BCUT2D eigenvalue weighted by Gasteiger charge is -2.17. The molecular weight excluding hydrogens is 444 g/mol. The summed E-state index contributed by atoms with van der Waals surface area (Å²) in [5, 5.41) is 10.5. The number of hydrogen-bond donors (Lipinski definition) is 0. The molecule has 0 amide bonds. The molecule has 0 N–H and O–H groups in total. The summed E-state index contributed by atoms with van der Waals surface area (Å²) in [6, 6.07) is 7.83. The van der Waals surface area contributed by atoms with Crippen LogP contribution < -0.4 is 0 Å². The van der Waals surface area contributed by atoms with Gasteiger partial charge in [-0.3, -0.25) is 14.4 Å². The molecule has 3 heterocycles. The Morgan fingerprint density at radius 1 is 1.12 bits per heavy atom. The number of aliphatic imine (C=N–C) groups is 1. The van der Waals surface area contributed by atoms with Gasteiger partial charge in [0.05, 0.1) is 5.71 Å². The monoisotopic (exact) mass is 472 g/mol. The molecular formula is C24H29ClN4O2S. The van der Waals surface area contributed by atoms with E-state index in [1.165, 1.54) is 22.9 Å². The van der Waals surface area contributed by atoms with Crippen molar-refractivity contribution < 1.29 is 9.53 Å². The molecule has 1 aliphatic heterocycles. The van der Waals surface area contributed by atoms with Gasteiger partial charge in [0, 0.05) is 28.0 Å². The molecule has 170 valence electrons. The van der Waals surface area contributed by atoms with Crippen molar-refractivity contribution in [3.8, 4) is 5.00 Å². The summed E-state index contributed by atoms with van der Waals surface area (Å²) >= 11 is 7.83. The normalized spacial score (nSPS) is 15.0. The molecule has 1 aliphatic rings. The van der Waals surface area contributed by atoms with Gasteiger partial charge in [-0.25, -0.2) is 0 Å². The minimum absolute atomic E-state index is 0.0591. The molecule has 0 aliphatic carbocycles. The summed E-state index contributed by atoms with van der Waals surface area (Å²) in [4.78, 5) is 16.5. The molecule has 2 aromatic heterocycles. The highest BCUT2D eigenvalue weighted by molar-refractivity contribution is 7.15. The number of aromatic nitrogens is 3. The van der Waals surface area contributed by atoms with Gasteiger partial charge in [-0.1, -0.05) is 23.7 Å². The van der Waals surface area contributed by atoms with E-state index in [-0.39, 0.29) is 17.6 Å². The molecule has 8 heteroatoms. The fourth-order valence-corrected chi connectivity index (χ4v) is 4.86. The Labute approximate surface area is 198 Å². The van der Waals surface area contributed by atoms with Crippen LogP contribution in [0, 0.1) is 20.8 Å². The summed E-state index contributed by atoms with van der Waals surface area (Å²) in [6.07, 6.45) is 0. The molecule has 0 spiro atoms. The van der Waals surface area contributed by atoms with Gasteiger partial charge < -0.3 is 4.74 Å². The molecule has 0 bridgehead atoms. The third kappa shape index (κ3) is 5.10. The van der Waals surface area contributed by atoms with Crippen LogP contribution in [0.5, 0.6) is 0 Å². The van der Waals surface area contributed by atoms with E-state index in [0.717, 1.165) is 32.9 Å². The predicted octanol–water partition coefficient (Wildman–Crippen LogP) is 6.17.